The second-order valence-corrected chi connectivity index (χ2v) is 18.5. The zero-order chi connectivity index (χ0) is 47.1. The van der Waals surface area contributed by atoms with Gasteiger partial charge in [-0.1, -0.05) is 71.4 Å². The van der Waals surface area contributed by atoms with Crippen LogP contribution in [0.15, 0.2) is 35.3 Å². The number of esters is 1. The number of likely N-dealkylation sites (tertiary alicyclic amines) is 1. The van der Waals surface area contributed by atoms with Gasteiger partial charge in [-0.05, 0) is 57.4 Å². The van der Waals surface area contributed by atoms with E-state index < -0.39 is 53.8 Å². The van der Waals surface area contributed by atoms with Gasteiger partial charge in [0.1, 0.15) is 17.4 Å². The summed E-state index contributed by atoms with van der Waals surface area (Å²) >= 11 is 0. The molecule has 62 heavy (non-hydrogen) atoms. The lowest BCUT2D eigenvalue weighted by Crippen LogP contribution is -2.55. The molecular formula is C47H80N6O9. The summed E-state index contributed by atoms with van der Waals surface area (Å²) in [5.74, 6) is -1.77. The molecule has 1 aliphatic rings. The van der Waals surface area contributed by atoms with Gasteiger partial charge in [0.15, 0.2) is 5.96 Å². The number of carbonyl (C=O) groups excluding carboxylic acids is 5. The van der Waals surface area contributed by atoms with Crippen LogP contribution in [0.2, 0.25) is 0 Å². The molecule has 2 rings (SSSR count). The van der Waals surface area contributed by atoms with Crippen molar-refractivity contribution in [3.05, 3.63) is 35.9 Å². The second-order valence-electron chi connectivity index (χ2n) is 18.5. The number of guanidine groups is 1. The number of likely N-dealkylation sites (N-methyl/N-ethyl adjacent to an activating group) is 3. The summed E-state index contributed by atoms with van der Waals surface area (Å²) in [4.78, 5) is 82.1. The van der Waals surface area contributed by atoms with E-state index in [0.29, 0.717) is 38.4 Å². The number of benzene rings is 1. The molecule has 0 radical (unpaired) electrons. The summed E-state index contributed by atoms with van der Waals surface area (Å²) in [5.41, 5.74) is 0.323. The Morgan fingerprint density at radius 1 is 0.871 bits per heavy atom. The van der Waals surface area contributed by atoms with Crippen molar-refractivity contribution < 1.29 is 42.9 Å². The largest absolute Gasteiger partial charge is 0.469 e. The van der Waals surface area contributed by atoms with Crippen LogP contribution in [0, 0.1) is 23.7 Å². The fourth-order valence-electron chi connectivity index (χ4n) is 8.28. The van der Waals surface area contributed by atoms with Crippen LogP contribution >= 0.6 is 0 Å². The van der Waals surface area contributed by atoms with Crippen LogP contribution in [-0.4, -0.2) is 172 Å². The Morgan fingerprint density at radius 3 is 2.00 bits per heavy atom. The van der Waals surface area contributed by atoms with Crippen LogP contribution in [0.3, 0.4) is 0 Å². The highest BCUT2D eigenvalue weighted by atomic mass is 16.6. The van der Waals surface area contributed by atoms with E-state index in [-0.39, 0.29) is 48.3 Å². The van der Waals surface area contributed by atoms with Crippen molar-refractivity contribution in [2.45, 2.75) is 130 Å². The molecule has 352 valence electrons. The molecule has 0 bridgehead atoms. The van der Waals surface area contributed by atoms with Gasteiger partial charge in [0.25, 0.3) is 0 Å². The Morgan fingerprint density at radius 2 is 1.48 bits per heavy atom. The van der Waals surface area contributed by atoms with E-state index in [9.17, 15) is 24.0 Å². The van der Waals surface area contributed by atoms with Gasteiger partial charge in [0, 0.05) is 81.4 Å². The molecule has 1 aromatic rings. The quantitative estimate of drug-likeness (QED) is 0.0810. The van der Waals surface area contributed by atoms with Gasteiger partial charge >= 0.3 is 12.1 Å². The Kier molecular flexibility index (Phi) is 21.9. The highest BCUT2D eigenvalue weighted by Gasteiger charge is 2.43. The average Bonchev–Trinajstić information content (AvgIpc) is 3.71. The van der Waals surface area contributed by atoms with E-state index >= 15 is 0 Å². The van der Waals surface area contributed by atoms with Gasteiger partial charge in [0.2, 0.25) is 11.8 Å². The van der Waals surface area contributed by atoms with Crippen LogP contribution in [0.25, 0.3) is 0 Å². The minimum Gasteiger partial charge on any atom is -0.469 e. The molecule has 0 saturated carbocycles. The number of ketones is 1. The monoisotopic (exact) mass is 873 g/mol. The first-order valence-corrected chi connectivity index (χ1v) is 22.2. The van der Waals surface area contributed by atoms with E-state index in [1.807, 2.05) is 101 Å². The molecule has 1 fully saturated rings. The molecular weight excluding hydrogens is 793 g/mol. The number of ether oxygens (including phenoxy) is 4. The lowest BCUT2D eigenvalue weighted by Gasteiger charge is -2.40. The molecule has 0 unspecified atom stereocenters. The minimum absolute atomic E-state index is 0.00879. The van der Waals surface area contributed by atoms with Crippen LogP contribution in [0.5, 0.6) is 0 Å². The summed E-state index contributed by atoms with van der Waals surface area (Å²) in [7, 11) is 13.5. The lowest BCUT2D eigenvalue weighted by molar-refractivity contribution is -0.149. The average molecular weight is 873 g/mol. The summed E-state index contributed by atoms with van der Waals surface area (Å²) in [6.07, 6.45) is 0.873. The summed E-state index contributed by atoms with van der Waals surface area (Å²) in [5, 5.41) is 0. The Bertz CT molecular complexity index is 1620. The topological polar surface area (TPSA) is 151 Å². The third-order valence-corrected chi connectivity index (χ3v) is 12.0. The number of amides is 3. The maximum absolute atomic E-state index is 14.6. The highest BCUT2D eigenvalue weighted by Crippen LogP contribution is 2.31. The van der Waals surface area contributed by atoms with Gasteiger partial charge in [-0.15, -0.1) is 0 Å². The number of methoxy groups -OCH3 is 3. The third-order valence-electron chi connectivity index (χ3n) is 12.0. The van der Waals surface area contributed by atoms with Crippen LogP contribution < -0.4 is 0 Å². The van der Waals surface area contributed by atoms with E-state index in [0.717, 1.165) is 18.4 Å². The molecule has 0 aromatic heterocycles. The molecule has 15 nitrogen and oxygen atoms in total. The van der Waals surface area contributed by atoms with Crippen LogP contribution in [0.4, 0.5) is 4.79 Å². The normalized spacial score (nSPS) is 17.9. The Balaban J connectivity index is 2.32. The number of Topliss-reactive ketones (excluding diaryl/α,β-unsaturated/α-hetero) is 1. The molecule has 0 spiro atoms. The second kappa shape index (κ2) is 25.2. The zero-order valence-electron chi connectivity index (χ0n) is 40.8. The maximum atomic E-state index is 14.6. The van der Waals surface area contributed by atoms with Crippen molar-refractivity contribution >= 4 is 35.6 Å². The molecule has 0 N–H and O–H groups in total. The molecule has 1 aliphatic heterocycles. The van der Waals surface area contributed by atoms with Crippen molar-refractivity contribution in [3.8, 4) is 0 Å². The number of aliphatic imine (C=N–C) groups is 1. The van der Waals surface area contributed by atoms with Gasteiger partial charge < -0.3 is 43.4 Å². The molecule has 1 saturated heterocycles. The van der Waals surface area contributed by atoms with Crippen molar-refractivity contribution in [3.63, 3.8) is 0 Å². The number of nitrogens with zero attached hydrogens (tertiary/aromatic N) is 6. The predicted octanol–water partition coefficient (Wildman–Crippen LogP) is 5.64. The fourth-order valence-corrected chi connectivity index (χ4v) is 8.28. The zero-order valence-corrected chi connectivity index (χ0v) is 40.8. The van der Waals surface area contributed by atoms with Gasteiger partial charge in [0.05, 0.1) is 43.7 Å². The number of carbonyl (C=O) groups is 5. The highest BCUT2D eigenvalue weighted by molar-refractivity contribution is 5.88. The first-order valence-electron chi connectivity index (χ1n) is 22.2. The van der Waals surface area contributed by atoms with Crippen LogP contribution in [-0.2, 0) is 44.5 Å². The Labute approximate surface area is 372 Å². The number of rotatable bonds is 22. The van der Waals surface area contributed by atoms with Crippen LogP contribution in [0.1, 0.15) is 93.1 Å². The van der Waals surface area contributed by atoms with Gasteiger partial charge in [-0.25, -0.2) is 9.79 Å². The molecule has 15 heteroatoms. The first-order chi connectivity index (χ1) is 29.0. The number of hydrogen-bond acceptors (Lipinski definition) is 10. The van der Waals surface area contributed by atoms with Crippen molar-refractivity contribution in [1.82, 2.24) is 24.5 Å². The van der Waals surface area contributed by atoms with E-state index in [2.05, 4.69) is 13.8 Å². The maximum Gasteiger partial charge on any atom is 0.410 e. The lowest BCUT2D eigenvalue weighted by atomic mass is 9.85. The standard InChI is InChI=1S/C47H80N6O9/c1-17-32(4)41(52(13)43(56)40(31(2)3)48-45(49(9)10)50(11)26-27-51(12)46(58)62-47(6,7)8)38(59-14)30-39(55)53-25-21-24-36(53)42(60-15)33(5)37(54)29-35(44(57)61-16)28-34-22-19-18-20-23-34/h18-20,22-23,31-33,35-36,38,40-42H,17,21,24-30H2,1-16H3/t32-,33-,35+,36-,38+,40-,41-,42+/m0/s1. The third kappa shape index (κ3) is 15.5. The van der Waals surface area contributed by atoms with Gasteiger partial charge in [-0.2, -0.15) is 0 Å². The van der Waals surface area contributed by atoms with Crippen molar-refractivity contribution in [2.75, 3.05) is 76.2 Å². The van der Waals surface area contributed by atoms with Crippen molar-refractivity contribution in [1.29, 1.82) is 0 Å². The fraction of sp³-hybridized carbons (Fsp3) is 0.745. The molecule has 1 heterocycles. The Hall–Kier alpha value is -4.24. The minimum atomic E-state index is -0.751. The summed E-state index contributed by atoms with van der Waals surface area (Å²) < 4.78 is 22.7. The molecule has 1 aromatic carbocycles. The van der Waals surface area contributed by atoms with Gasteiger partial charge in [-0.3, -0.25) is 19.2 Å². The molecule has 0 aliphatic carbocycles. The van der Waals surface area contributed by atoms with E-state index in [1.54, 1.807) is 40.1 Å². The summed E-state index contributed by atoms with van der Waals surface area (Å²) in [6, 6.07) is 7.97. The van der Waals surface area contributed by atoms with E-state index in [1.165, 1.54) is 12.0 Å². The summed E-state index contributed by atoms with van der Waals surface area (Å²) in [6.45, 7) is 16.6. The molecule has 3 amide bonds. The predicted molar refractivity (Wildman–Crippen MR) is 243 cm³/mol. The van der Waals surface area contributed by atoms with Crippen molar-refractivity contribution in [2.24, 2.45) is 28.7 Å². The molecule has 8 atom stereocenters. The number of hydrogen-bond donors (Lipinski definition) is 0. The van der Waals surface area contributed by atoms with E-state index in [4.69, 9.17) is 23.9 Å². The SMILES string of the molecule is CC[C@H](C)[C@@H]([C@@H](CC(=O)N1CCC[C@H]1[C@H](OC)[C@@H](C)C(=O)C[C@@H](Cc1ccccc1)C(=O)OC)OC)N(C)C(=O)[C@@H](N=C(N(C)C)N(C)CCN(C)C(=O)OC(C)(C)C)C(C)C. The smallest absolute Gasteiger partial charge is 0.410 e. The first kappa shape index (κ1) is 53.9.